The van der Waals surface area contributed by atoms with E-state index < -0.39 is 20.7 Å². The summed E-state index contributed by atoms with van der Waals surface area (Å²) in [5.41, 5.74) is 2.04. The third-order valence-electron chi connectivity index (χ3n) is 5.96. The lowest BCUT2D eigenvalue weighted by Gasteiger charge is -2.43. The lowest BCUT2D eigenvalue weighted by Crippen LogP contribution is -2.66. The number of aliphatic hydroxyl groups is 1. The second-order valence-corrected chi connectivity index (χ2v) is 13.5. The number of aliphatic hydroxyl groups excluding tert-OH is 1. The van der Waals surface area contributed by atoms with E-state index in [-0.39, 0.29) is 5.04 Å². The summed E-state index contributed by atoms with van der Waals surface area (Å²) < 4.78 is 17.7. The van der Waals surface area contributed by atoms with E-state index in [2.05, 4.69) is 74.3 Å². The van der Waals surface area contributed by atoms with Crippen molar-refractivity contribution in [3.05, 3.63) is 89.7 Å². The van der Waals surface area contributed by atoms with Crippen LogP contribution in [0, 0.1) is 0 Å². The van der Waals surface area contributed by atoms with Crippen molar-refractivity contribution in [2.75, 3.05) is 14.2 Å². The Morgan fingerprint density at radius 2 is 1.36 bits per heavy atom. The van der Waals surface area contributed by atoms with Crippen molar-refractivity contribution in [1.29, 1.82) is 0 Å². The number of benzene rings is 2. The molecule has 33 heavy (non-hydrogen) atoms. The molecule has 0 unspecified atom stereocenters. The van der Waals surface area contributed by atoms with Crippen molar-refractivity contribution in [2.24, 2.45) is 0 Å². The number of nitrogens with zero attached hydrogens (tertiary/aromatic N) is 1. The van der Waals surface area contributed by atoms with Gasteiger partial charge in [-0.25, -0.2) is 4.98 Å². The van der Waals surface area contributed by atoms with Crippen molar-refractivity contribution in [1.82, 2.24) is 4.98 Å². The minimum atomic E-state index is -2.70. The van der Waals surface area contributed by atoms with Gasteiger partial charge in [0, 0.05) is 19.8 Å². The average molecular weight is 466 g/mol. The van der Waals surface area contributed by atoms with Gasteiger partial charge in [-0.05, 0) is 28.4 Å². The van der Waals surface area contributed by atoms with Crippen LogP contribution in [-0.2, 0) is 20.5 Å². The molecular formula is C27H35NO4Si. The quantitative estimate of drug-likeness (QED) is 0.372. The molecule has 0 aliphatic carbocycles. The smallest absolute Gasteiger partial charge is 0.261 e. The Balaban J connectivity index is 2.09. The first-order chi connectivity index (χ1) is 15.7. The van der Waals surface area contributed by atoms with Crippen molar-refractivity contribution in [3.8, 4) is 0 Å². The highest BCUT2D eigenvalue weighted by Crippen LogP contribution is 2.37. The van der Waals surface area contributed by atoms with Crippen molar-refractivity contribution < 1.29 is 19.0 Å². The predicted molar refractivity (Wildman–Crippen MR) is 134 cm³/mol. The fraction of sp³-hybridized carbons (Fsp3) is 0.370. The van der Waals surface area contributed by atoms with Crippen LogP contribution in [-0.4, -0.2) is 32.6 Å². The average Bonchev–Trinajstić information content (AvgIpc) is 2.81. The molecule has 2 aromatic carbocycles. The standard InChI is InChI=1S/C27H35NO4Si/c1-20(29)25-21(17-18-24(28-25)26(30-5)31-6)19-32-33(27(2,3)4,22-13-9-7-10-14-22)23-15-11-8-12-16-23/h7-18,20,26,29H,19H2,1-6H3/t20-/m0/s1. The third-order valence-corrected chi connectivity index (χ3v) is 10.9. The van der Waals surface area contributed by atoms with Crippen LogP contribution in [0.5, 0.6) is 0 Å². The van der Waals surface area contributed by atoms with Crippen molar-refractivity contribution in [3.63, 3.8) is 0 Å². The van der Waals surface area contributed by atoms with Crippen LogP contribution in [0.15, 0.2) is 72.8 Å². The Hall–Kier alpha value is -2.35. The Labute approximate surface area is 198 Å². The van der Waals surface area contributed by atoms with E-state index in [1.807, 2.05) is 24.3 Å². The summed E-state index contributed by atoms with van der Waals surface area (Å²) in [6.07, 6.45) is -1.34. The molecular weight excluding hydrogens is 430 g/mol. The van der Waals surface area contributed by atoms with Crippen LogP contribution in [0.2, 0.25) is 5.04 Å². The number of pyridine rings is 1. The molecule has 5 nitrogen and oxygen atoms in total. The zero-order valence-corrected chi connectivity index (χ0v) is 21.4. The Morgan fingerprint density at radius 1 is 0.848 bits per heavy atom. The van der Waals surface area contributed by atoms with Crippen LogP contribution in [0.1, 0.15) is 57.0 Å². The number of methoxy groups -OCH3 is 2. The Morgan fingerprint density at radius 3 is 1.79 bits per heavy atom. The van der Waals surface area contributed by atoms with Crippen LogP contribution >= 0.6 is 0 Å². The largest absolute Gasteiger partial charge is 0.403 e. The van der Waals surface area contributed by atoms with Crippen LogP contribution in [0.25, 0.3) is 0 Å². The zero-order valence-electron chi connectivity index (χ0n) is 20.4. The Kier molecular flexibility index (Phi) is 8.21. The number of hydrogen-bond donors (Lipinski definition) is 1. The number of aromatic nitrogens is 1. The molecule has 0 saturated heterocycles. The molecule has 3 rings (SSSR count). The van der Waals surface area contributed by atoms with Gasteiger partial charge in [0.15, 0.2) is 0 Å². The van der Waals surface area contributed by atoms with Gasteiger partial charge in [0.1, 0.15) is 0 Å². The van der Waals surface area contributed by atoms with Gasteiger partial charge < -0.3 is 19.0 Å². The Bertz CT molecular complexity index is 976. The molecule has 0 amide bonds. The van der Waals surface area contributed by atoms with E-state index in [9.17, 15) is 5.11 Å². The first-order valence-electron chi connectivity index (χ1n) is 11.2. The maximum Gasteiger partial charge on any atom is 0.261 e. The lowest BCUT2D eigenvalue weighted by molar-refractivity contribution is -0.108. The molecule has 1 heterocycles. The molecule has 1 atom stereocenters. The van der Waals surface area contributed by atoms with E-state index in [1.165, 1.54) is 10.4 Å². The molecule has 1 N–H and O–H groups in total. The zero-order chi connectivity index (χ0) is 24.1. The van der Waals surface area contributed by atoms with E-state index >= 15 is 0 Å². The van der Waals surface area contributed by atoms with Crippen LogP contribution in [0.3, 0.4) is 0 Å². The molecule has 0 bridgehead atoms. The first kappa shape index (κ1) is 25.3. The summed E-state index contributed by atoms with van der Waals surface area (Å²) in [7, 11) is 0.437. The topological polar surface area (TPSA) is 60.8 Å². The molecule has 0 radical (unpaired) electrons. The summed E-state index contributed by atoms with van der Waals surface area (Å²) >= 11 is 0. The minimum Gasteiger partial charge on any atom is -0.403 e. The summed E-state index contributed by atoms with van der Waals surface area (Å²) in [5, 5.41) is 12.8. The summed E-state index contributed by atoms with van der Waals surface area (Å²) in [5.74, 6) is 0. The SMILES string of the molecule is COC(OC)c1ccc(CO[Si](c2ccccc2)(c2ccccc2)C(C)(C)C)c([C@H](C)O)n1. The predicted octanol–water partition coefficient (Wildman–Crippen LogP) is 4.50. The lowest BCUT2D eigenvalue weighted by atomic mass is 10.1. The fourth-order valence-electron chi connectivity index (χ4n) is 4.42. The molecule has 6 heteroatoms. The molecule has 1 aromatic heterocycles. The third kappa shape index (κ3) is 5.26. The van der Waals surface area contributed by atoms with Gasteiger partial charge in [0.25, 0.3) is 8.32 Å². The van der Waals surface area contributed by atoms with E-state index in [1.54, 1.807) is 21.1 Å². The van der Waals surface area contributed by atoms with E-state index in [0.29, 0.717) is 18.0 Å². The molecule has 0 saturated carbocycles. The van der Waals surface area contributed by atoms with Gasteiger partial charge in [0.2, 0.25) is 6.29 Å². The molecule has 0 spiro atoms. The van der Waals surface area contributed by atoms with Gasteiger partial charge >= 0.3 is 0 Å². The van der Waals surface area contributed by atoms with Gasteiger partial charge in [-0.15, -0.1) is 0 Å². The number of hydrogen-bond acceptors (Lipinski definition) is 5. The summed E-state index contributed by atoms with van der Waals surface area (Å²) in [6.45, 7) is 8.80. The van der Waals surface area contributed by atoms with E-state index in [4.69, 9.17) is 13.9 Å². The highest BCUT2D eigenvalue weighted by molar-refractivity contribution is 6.99. The van der Waals surface area contributed by atoms with Crippen LogP contribution < -0.4 is 10.4 Å². The molecule has 0 fully saturated rings. The van der Waals surface area contributed by atoms with E-state index in [0.717, 1.165) is 5.56 Å². The van der Waals surface area contributed by atoms with Crippen molar-refractivity contribution in [2.45, 2.75) is 51.7 Å². The molecule has 176 valence electrons. The fourth-order valence-corrected chi connectivity index (χ4v) is 8.95. The summed E-state index contributed by atoms with van der Waals surface area (Å²) in [4.78, 5) is 4.66. The number of ether oxygens (including phenoxy) is 2. The van der Waals surface area contributed by atoms with Gasteiger partial charge in [-0.3, -0.25) is 0 Å². The van der Waals surface area contributed by atoms with Gasteiger partial charge in [0.05, 0.1) is 24.1 Å². The maximum atomic E-state index is 10.5. The normalized spacial score (nSPS) is 13.3. The maximum absolute atomic E-state index is 10.5. The minimum absolute atomic E-state index is 0.134. The molecule has 0 aliphatic rings. The van der Waals surface area contributed by atoms with Crippen LogP contribution in [0.4, 0.5) is 0 Å². The van der Waals surface area contributed by atoms with Gasteiger partial charge in [-0.2, -0.15) is 0 Å². The monoisotopic (exact) mass is 465 g/mol. The highest BCUT2D eigenvalue weighted by atomic mass is 28.4. The first-order valence-corrected chi connectivity index (χ1v) is 13.1. The second kappa shape index (κ2) is 10.7. The molecule has 0 aliphatic heterocycles. The molecule has 3 aromatic rings. The van der Waals surface area contributed by atoms with Gasteiger partial charge in [-0.1, -0.05) is 87.5 Å². The van der Waals surface area contributed by atoms with Crippen molar-refractivity contribution >= 4 is 18.7 Å². The number of rotatable bonds is 9. The summed E-state index contributed by atoms with van der Waals surface area (Å²) in [6, 6.07) is 24.9. The highest BCUT2D eigenvalue weighted by Gasteiger charge is 2.50. The second-order valence-electron chi connectivity index (χ2n) is 9.21.